The summed E-state index contributed by atoms with van der Waals surface area (Å²) in [4.78, 5) is 11.6. The molecule has 1 N–H and O–H groups in total. The highest BCUT2D eigenvalue weighted by Crippen LogP contribution is 2.40. The van der Waals surface area contributed by atoms with Crippen LogP contribution in [0.25, 0.3) is 0 Å². The molecule has 0 aromatic heterocycles. The van der Waals surface area contributed by atoms with Crippen molar-refractivity contribution in [2.45, 2.75) is 19.3 Å². The minimum atomic E-state index is -0.629. The van der Waals surface area contributed by atoms with E-state index in [-0.39, 0.29) is 11.7 Å². The maximum Gasteiger partial charge on any atom is 0.234 e. The maximum absolute atomic E-state index is 13.3. The van der Waals surface area contributed by atoms with Crippen LogP contribution in [0.15, 0.2) is 12.1 Å². The van der Waals surface area contributed by atoms with E-state index in [1.165, 1.54) is 13.2 Å². The van der Waals surface area contributed by atoms with Gasteiger partial charge < -0.3 is 10.1 Å². The molecule has 1 aliphatic heterocycles. The number of ether oxygens (including phenoxy) is 1. The molecule has 0 saturated carbocycles. The molecular weight excluding hydrogens is 197 g/mol. The van der Waals surface area contributed by atoms with E-state index in [1.807, 2.05) is 0 Å². The number of fused-ring (bicyclic) bond motifs is 1. The number of methoxy groups -OCH3 is 1. The Kier molecular flexibility index (Phi) is 1.96. The Bertz CT molecular complexity index is 440. The molecule has 0 bridgehead atoms. The third-order valence-electron chi connectivity index (χ3n) is 2.78. The van der Waals surface area contributed by atoms with Gasteiger partial charge in [0.05, 0.1) is 12.5 Å². The summed E-state index contributed by atoms with van der Waals surface area (Å²) in [5.41, 5.74) is 0.671. The van der Waals surface area contributed by atoms with Crippen molar-refractivity contribution in [1.29, 1.82) is 0 Å². The molecule has 1 aliphatic rings. The third kappa shape index (κ3) is 1.28. The first-order valence-electron chi connectivity index (χ1n) is 4.66. The SMILES string of the molecule is COc1cc2c(cc1F)NC(=O)C2(C)C. The molecule has 0 atom stereocenters. The highest BCUT2D eigenvalue weighted by Gasteiger charge is 2.39. The normalized spacial score (nSPS) is 17.2. The van der Waals surface area contributed by atoms with Gasteiger partial charge in [-0.1, -0.05) is 0 Å². The van der Waals surface area contributed by atoms with Crippen molar-refractivity contribution in [3.8, 4) is 5.75 Å². The van der Waals surface area contributed by atoms with Gasteiger partial charge in [0.2, 0.25) is 5.91 Å². The molecule has 0 unspecified atom stereocenters. The number of hydrogen-bond acceptors (Lipinski definition) is 2. The molecule has 0 spiro atoms. The summed E-state index contributed by atoms with van der Waals surface area (Å²) in [5.74, 6) is -0.419. The molecule has 1 aromatic rings. The second-order valence-corrected chi connectivity index (χ2v) is 4.11. The molecule has 4 heteroatoms. The van der Waals surface area contributed by atoms with E-state index in [1.54, 1.807) is 19.9 Å². The number of rotatable bonds is 1. The lowest BCUT2D eigenvalue weighted by atomic mass is 9.86. The molecule has 1 amide bonds. The zero-order valence-corrected chi connectivity index (χ0v) is 8.85. The van der Waals surface area contributed by atoms with E-state index < -0.39 is 11.2 Å². The Labute approximate surface area is 87.2 Å². The van der Waals surface area contributed by atoms with Crippen LogP contribution < -0.4 is 10.1 Å². The number of hydrogen-bond donors (Lipinski definition) is 1. The predicted octanol–water partition coefficient (Wildman–Crippen LogP) is 2.06. The van der Waals surface area contributed by atoms with Gasteiger partial charge in [-0.05, 0) is 25.5 Å². The number of benzene rings is 1. The van der Waals surface area contributed by atoms with Crippen molar-refractivity contribution in [2.75, 3.05) is 12.4 Å². The van der Waals surface area contributed by atoms with Gasteiger partial charge in [0.25, 0.3) is 0 Å². The Morgan fingerprint density at radius 2 is 2.07 bits per heavy atom. The largest absolute Gasteiger partial charge is 0.494 e. The molecule has 1 heterocycles. The fourth-order valence-corrected chi connectivity index (χ4v) is 1.73. The van der Waals surface area contributed by atoms with Gasteiger partial charge in [-0.3, -0.25) is 4.79 Å². The molecular formula is C11H12FNO2. The van der Waals surface area contributed by atoms with Crippen LogP contribution >= 0.6 is 0 Å². The second-order valence-electron chi connectivity index (χ2n) is 4.11. The lowest BCUT2D eigenvalue weighted by Gasteiger charge is -2.15. The number of carbonyl (C=O) groups excluding carboxylic acids is 1. The second kappa shape index (κ2) is 2.95. The lowest BCUT2D eigenvalue weighted by Crippen LogP contribution is -2.26. The van der Waals surface area contributed by atoms with Gasteiger partial charge in [0, 0.05) is 11.8 Å². The third-order valence-corrected chi connectivity index (χ3v) is 2.78. The van der Waals surface area contributed by atoms with Crippen LogP contribution in [0.4, 0.5) is 10.1 Å². The summed E-state index contributed by atoms with van der Waals surface area (Å²) in [6, 6.07) is 2.86. The highest BCUT2D eigenvalue weighted by molar-refractivity contribution is 6.05. The van der Waals surface area contributed by atoms with Gasteiger partial charge in [-0.15, -0.1) is 0 Å². The first kappa shape index (κ1) is 9.96. The Balaban J connectivity index is 2.62. The lowest BCUT2D eigenvalue weighted by molar-refractivity contribution is -0.119. The molecule has 0 radical (unpaired) electrons. The Morgan fingerprint density at radius 3 is 2.67 bits per heavy atom. The molecule has 0 fully saturated rings. The average Bonchev–Trinajstić information content (AvgIpc) is 2.37. The molecule has 1 aromatic carbocycles. The van der Waals surface area contributed by atoms with E-state index in [0.717, 1.165) is 5.56 Å². The quantitative estimate of drug-likeness (QED) is 0.768. The zero-order chi connectivity index (χ0) is 11.2. The fourth-order valence-electron chi connectivity index (χ4n) is 1.73. The van der Waals surface area contributed by atoms with Gasteiger partial charge >= 0.3 is 0 Å². The minimum Gasteiger partial charge on any atom is -0.494 e. The maximum atomic E-state index is 13.3. The minimum absolute atomic E-state index is 0.120. The smallest absolute Gasteiger partial charge is 0.234 e. The zero-order valence-electron chi connectivity index (χ0n) is 8.85. The van der Waals surface area contributed by atoms with Crippen molar-refractivity contribution in [1.82, 2.24) is 0 Å². The first-order chi connectivity index (χ1) is 6.96. The first-order valence-corrected chi connectivity index (χ1v) is 4.66. The number of anilines is 1. The fraction of sp³-hybridized carbons (Fsp3) is 0.364. The van der Waals surface area contributed by atoms with Crippen molar-refractivity contribution in [3.63, 3.8) is 0 Å². The van der Waals surface area contributed by atoms with Gasteiger partial charge in [0.15, 0.2) is 11.6 Å². The molecule has 0 saturated heterocycles. The van der Waals surface area contributed by atoms with Crippen molar-refractivity contribution in [2.24, 2.45) is 0 Å². The summed E-state index contributed by atoms with van der Waals surface area (Å²) < 4.78 is 18.2. The van der Waals surface area contributed by atoms with Crippen LogP contribution in [0.1, 0.15) is 19.4 Å². The highest BCUT2D eigenvalue weighted by atomic mass is 19.1. The monoisotopic (exact) mass is 209 g/mol. The molecule has 80 valence electrons. The van der Waals surface area contributed by atoms with E-state index >= 15 is 0 Å². The molecule has 0 aliphatic carbocycles. The summed E-state index contributed by atoms with van der Waals surface area (Å²) in [6.45, 7) is 3.59. The van der Waals surface area contributed by atoms with Crippen molar-refractivity contribution >= 4 is 11.6 Å². The summed E-state index contributed by atoms with van der Waals surface area (Å²) in [5, 5.41) is 2.65. The van der Waals surface area contributed by atoms with Gasteiger partial charge in [0.1, 0.15) is 0 Å². The standard InChI is InChI=1S/C11H12FNO2/c1-11(2)6-4-9(15-3)7(12)5-8(6)13-10(11)14/h4-5H,1-3H3,(H,13,14). The number of amides is 1. The molecule has 2 rings (SSSR count). The number of nitrogens with one attached hydrogen (secondary N) is 1. The van der Waals surface area contributed by atoms with E-state index in [0.29, 0.717) is 5.69 Å². The van der Waals surface area contributed by atoms with E-state index in [4.69, 9.17) is 4.74 Å². The number of halogens is 1. The average molecular weight is 209 g/mol. The predicted molar refractivity (Wildman–Crippen MR) is 54.6 cm³/mol. The van der Waals surface area contributed by atoms with Crippen molar-refractivity contribution in [3.05, 3.63) is 23.5 Å². The molecule has 3 nitrogen and oxygen atoms in total. The van der Waals surface area contributed by atoms with Crippen LogP contribution in [-0.2, 0) is 10.2 Å². The van der Waals surface area contributed by atoms with Crippen molar-refractivity contribution < 1.29 is 13.9 Å². The van der Waals surface area contributed by atoms with Gasteiger partial charge in [-0.2, -0.15) is 0 Å². The van der Waals surface area contributed by atoms with E-state index in [9.17, 15) is 9.18 Å². The summed E-state index contributed by atoms with van der Waals surface area (Å²) in [6.07, 6.45) is 0. The Hall–Kier alpha value is -1.58. The van der Waals surface area contributed by atoms with Crippen LogP contribution in [0.3, 0.4) is 0 Å². The summed E-state index contributed by atoms with van der Waals surface area (Å²) in [7, 11) is 1.40. The van der Waals surface area contributed by atoms with Crippen LogP contribution in [-0.4, -0.2) is 13.0 Å². The summed E-state index contributed by atoms with van der Waals surface area (Å²) >= 11 is 0. The topological polar surface area (TPSA) is 38.3 Å². The van der Waals surface area contributed by atoms with Crippen LogP contribution in [0.5, 0.6) is 5.75 Å². The van der Waals surface area contributed by atoms with E-state index in [2.05, 4.69) is 5.32 Å². The van der Waals surface area contributed by atoms with Crippen LogP contribution in [0, 0.1) is 5.82 Å². The molecule has 15 heavy (non-hydrogen) atoms. The number of carbonyl (C=O) groups is 1. The van der Waals surface area contributed by atoms with Crippen LogP contribution in [0.2, 0.25) is 0 Å². The van der Waals surface area contributed by atoms with Gasteiger partial charge in [-0.25, -0.2) is 4.39 Å². The Morgan fingerprint density at radius 1 is 1.40 bits per heavy atom.